The molecule has 110 valence electrons. The summed E-state index contributed by atoms with van der Waals surface area (Å²) >= 11 is 0. The molecule has 2 heterocycles. The fraction of sp³-hybridized carbons (Fsp3) is 0.375. The lowest BCUT2D eigenvalue weighted by Crippen LogP contribution is -2.36. The first-order valence-corrected chi connectivity index (χ1v) is 7.26. The Kier molecular flexibility index (Phi) is 3.51. The number of carbonyl (C=O) groups excluding carboxylic acids is 1. The zero-order chi connectivity index (χ0) is 14.9. The number of rotatable bonds is 3. The van der Waals surface area contributed by atoms with Crippen LogP contribution in [0.1, 0.15) is 18.4 Å². The maximum atomic E-state index is 12.7. The molecule has 1 unspecified atom stereocenters. The van der Waals surface area contributed by atoms with Crippen LogP contribution in [0.3, 0.4) is 0 Å². The molecule has 2 aliphatic heterocycles. The Labute approximate surface area is 124 Å². The van der Waals surface area contributed by atoms with Gasteiger partial charge in [0.05, 0.1) is 5.41 Å². The van der Waals surface area contributed by atoms with Gasteiger partial charge in [-0.15, -0.1) is 0 Å². The van der Waals surface area contributed by atoms with Crippen LogP contribution in [0.15, 0.2) is 30.5 Å². The molecule has 21 heavy (non-hydrogen) atoms. The second-order valence-electron chi connectivity index (χ2n) is 5.73. The molecule has 1 aromatic rings. The van der Waals surface area contributed by atoms with Crippen LogP contribution in [0.2, 0.25) is 0 Å². The number of nitrogens with zero attached hydrogens (tertiary/aromatic N) is 1. The molecule has 0 radical (unpaired) electrons. The van der Waals surface area contributed by atoms with Crippen LogP contribution in [-0.2, 0) is 4.79 Å². The van der Waals surface area contributed by atoms with E-state index in [1.807, 2.05) is 29.2 Å². The van der Waals surface area contributed by atoms with Crippen molar-refractivity contribution in [2.24, 2.45) is 11.1 Å². The van der Waals surface area contributed by atoms with Crippen LogP contribution in [-0.4, -0.2) is 31.8 Å². The molecule has 2 saturated heterocycles. The number of hydrogen-bond acceptors (Lipinski definition) is 4. The van der Waals surface area contributed by atoms with E-state index in [1.54, 1.807) is 0 Å². The fourth-order valence-corrected chi connectivity index (χ4v) is 3.27. The van der Waals surface area contributed by atoms with Gasteiger partial charge in [-0.1, -0.05) is 12.1 Å². The highest BCUT2D eigenvalue weighted by Gasteiger charge is 2.48. The Bertz CT molecular complexity index is 585. The third kappa shape index (κ3) is 2.23. The Morgan fingerprint density at radius 2 is 2.10 bits per heavy atom. The average Bonchev–Trinajstić information content (AvgIpc) is 3.11. The van der Waals surface area contributed by atoms with Crippen molar-refractivity contribution < 1.29 is 4.79 Å². The molecule has 0 aliphatic carbocycles. The molecule has 1 spiro atoms. The van der Waals surface area contributed by atoms with E-state index >= 15 is 0 Å². The van der Waals surface area contributed by atoms with Gasteiger partial charge in [0.25, 0.3) is 0 Å². The van der Waals surface area contributed by atoms with Crippen molar-refractivity contribution >= 4 is 23.4 Å². The molecule has 4 N–H and O–H groups in total. The highest BCUT2D eigenvalue weighted by atomic mass is 16.2. The zero-order valence-electron chi connectivity index (χ0n) is 11.9. The van der Waals surface area contributed by atoms with Gasteiger partial charge < -0.3 is 21.4 Å². The lowest BCUT2D eigenvalue weighted by molar-refractivity contribution is -0.124. The Balaban J connectivity index is 1.82. The molecule has 3 rings (SSSR count). The molecule has 1 atom stereocenters. The largest absolute Gasteiger partial charge is 0.404 e. The Hall–Kier alpha value is -2.14. The summed E-state index contributed by atoms with van der Waals surface area (Å²) in [5.41, 5.74) is 7.79. The van der Waals surface area contributed by atoms with Gasteiger partial charge in [-0.2, -0.15) is 0 Å². The quantitative estimate of drug-likeness (QED) is 0.733. The van der Waals surface area contributed by atoms with E-state index in [-0.39, 0.29) is 11.3 Å². The third-order valence-corrected chi connectivity index (χ3v) is 4.60. The van der Waals surface area contributed by atoms with Crippen molar-refractivity contribution in [3.05, 3.63) is 36.0 Å². The summed E-state index contributed by atoms with van der Waals surface area (Å²) in [6.45, 7) is 2.51. The molecule has 1 amide bonds. The standard InChI is InChI=1S/C16H20N4O/c17-9-13(10-18)12-1-3-14(4-2-12)20-8-6-16(15(20)21)5-7-19-11-16/h1-4,9-10,17,19H,5-8,11,18H2/b13-10+,17-9?. The molecule has 5 nitrogen and oxygen atoms in total. The summed E-state index contributed by atoms with van der Waals surface area (Å²) in [6, 6.07) is 7.68. The van der Waals surface area contributed by atoms with Crippen molar-refractivity contribution in [2.45, 2.75) is 12.8 Å². The number of benzene rings is 1. The number of carbonyl (C=O) groups is 1. The number of anilines is 1. The number of hydrogen-bond donors (Lipinski definition) is 3. The van der Waals surface area contributed by atoms with Crippen LogP contribution >= 0.6 is 0 Å². The van der Waals surface area contributed by atoms with Crippen LogP contribution in [0.5, 0.6) is 0 Å². The van der Waals surface area contributed by atoms with E-state index in [2.05, 4.69) is 5.32 Å². The topological polar surface area (TPSA) is 82.2 Å². The van der Waals surface area contributed by atoms with Crippen molar-refractivity contribution in [3.8, 4) is 0 Å². The van der Waals surface area contributed by atoms with E-state index in [0.29, 0.717) is 5.57 Å². The smallest absolute Gasteiger partial charge is 0.234 e. The lowest BCUT2D eigenvalue weighted by Gasteiger charge is -2.22. The van der Waals surface area contributed by atoms with Gasteiger partial charge >= 0.3 is 0 Å². The maximum absolute atomic E-state index is 12.7. The summed E-state index contributed by atoms with van der Waals surface area (Å²) < 4.78 is 0. The number of allylic oxidation sites excluding steroid dienone is 1. The molecular weight excluding hydrogens is 264 g/mol. The van der Waals surface area contributed by atoms with Gasteiger partial charge in [-0.3, -0.25) is 4.79 Å². The van der Waals surface area contributed by atoms with Crippen LogP contribution in [0, 0.1) is 10.8 Å². The van der Waals surface area contributed by atoms with Gasteiger partial charge in [0.2, 0.25) is 5.91 Å². The van der Waals surface area contributed by atoms with Crippen LogP contribution < -0.4 is 16.0 Å². The summed E-state index contributed by atoms with van der Waals surface area (Å²) in [5, 5.41) is 10.6. The van der Waals surface area contributed by atoms with E-state index < -0.39 is 0 Å². The summed E-state index contributed by atoms with van der Waals surface area (Å²) in [4.78, 5) is 14.6. The molecule has 1 aromatic carbocycles. The predicted octanol–water partition coefficient (Wildman–Crippen LogP) is 1.35. The number of nitrogens with one attached hydrogen (secondary N) is 2. The zero-order valence-corrected chi connectivity index (χ0v) is 11.9. The first kappa shape index (κ1) is 13.8. The van der Waals surface area contributed by atoms with Gasteiger partial charge in [0, 0.05) is 36.8 Å². The first-order chi connectivity index (χ1) is 10.2. The third-order valence-electron chi connectivity index (χ3n) is 4.60. The molecule has 0 bridgehead atoms. The molecule has 0 aromatic heterocycles. The summed E-state index contributed by atoms with van der Waals surface area (Å²) in [7, 11) is 0. The van der Waals surface area contributed by atoms with Crippen molar-refractivity contribution in [3.63, 3.8) is 0 Å². The van der Waals surface area contributed by atoms with Gasteiger partial charge in [0.1, 0.15) is 0 Å². The first-order valence-electron chi connectivity index (χ1n) is 7.26. The van der Waals surface area contributed by atoms with Crippen molar-refractivity contribution in [1.29, 1.82) is 5.41 Å². The average molecular weight is 284 g/mol. The highest BCUT2D eigenvalue weighted by molar-refractivity contribution is 6.08. The minimum Gasteiger partial charge on any atom is -0.404 e. The number of amides is 1. The van der Waals surface area contributed by atoms with E-state index in [1.165, 1.54) is 12.4 Å². The SMILES string of the molecule is N=C/C(=C\N)c1ccc(N2CCC3(CCNC3)C2=O)cc1. The Morgan fingerprint density at radius 1 is 1.33 bits per heavy atom. The van der Waals surface area contributed by atoms with E-state index in [0.717, 1.165) is 43.7 Å². The van der Waals surface area contributed by atoms with Gasteiger partial charge in [-0.05, 0) is 37.1 Å². The number of nitrogens with two attached hydrogens (primary N) is 1. The van der Waals surface area contributed by atoms with E-state index in [4.69, 9.17) is 11.1 Å². The summed E-state index contributed by atoms with van der Waals surface area (Å²) in [6.07, 6.45) is 4.51. The minimum atomic E-state index is -0.185. The molecule has 5 heteroatoms. The van der Waals surface area contributed by atoms with Gasteiger partial charge in [0.15, 0.2) is 0 Å². The molecule has 2 fully saturated rings. The molecular formula is C16H20N4O. The van der Waals surface area contributed by atoms with E-state index in [9.17, 15) is 4.79 Å². The molecule has 0 saturated carbocycles. The van der Waals surface area contributed by atoms with Gasteiger partial charge in [-0.25, -0.2) is 0 Å². The Morgan fingerprint density at radius 3 is 2.67 bits per heavy atom. The molecule has 2 aliphatic rings. The van der Waals surface area contributed by atoms with Crippen LogP contribution in [0.25, 0.3) is 5.57 Å². The van der Waals surface area contributed by atoms with Crippen molar-refractivity contribution in [1.82, 2.24) is 5.32 Å². The highest BCUT2D eigenvalue weighted by Crippen LogP contribution is 2.39. The van der Waals surface area contributed by atoms with Crippen molar-refractivity contribution in [2.75, 3.05) is 24.5 Å². The fourth-order valence-electron chi connectivity index (χ4n) is 3.27. The lowest BCUT2D eigenvalue weighted by atomic mass is 9.86. The normalized spacial score (nSPS) is 25.8. The predicted molar refractivity (Wildman–Crippen MR) is 84.3 cm³/mol. The minimum absolute atomic E-state index is 0.185. The second-order valence-corrected chi connectivity index (χ2v) is 5.73. The van der Waals surface area contributed by atoms with Crippen LogP contribution in [0.4, 0.5) is 5.69 Å². The maximum Gasteiger partial charge on any atom is 0.234 e. The summed E-state index contributed by atoms with van der Waals surface area (Å²) in [5.74, 6) is 0.238. The second kappa shape index (κ2) is 5.33. The monoisotopic (exact) mass is 284 g/mol.